The molecule has 5 rings (SSSR count). The van der Waals surface area contributed by atoms with E-state index in [1.54, 1.807) is 79.9 Å². The van der Waals surface area contributed by atoms with E-state index in [0.29, 0.717) is 33.5 Å². The van der Waals surface area contributed by atoms with Crippen LogP contribution in [-0.4, -0.2) is 26.1 Å². The van der Waals surface area contributed by atoms with Gasteiger partial charge in [-0.25, -0.2) is 4.79 Å². The molecule has 1 amide bonds. The van der Waals surface area contributed by atoms with Crippen LogP contribution in [0.2, 0.25) is 0 Å². The van der Waals surface area contributed by atoms with Gasteiger partial charge in [0, 0.05) is 5.69 Å². The summed E-state index contributed by atoms with van der Waals surface area (Å²) in [7, 11) is 2.87. The summed E-state index contributed by atoms with van der Waals surface area (Å²) in [5.41, 5.74) is 1.96. The standard InChI is InChI=1S/C26H19NO6/c1-31-18-13-11-17(12-14-18)27-22(15-7-9-16(10-8-15)26(30)32-2)21-23(28)19-5-3-4-6-20(19)33-24(21)25(27)29/h3-14,22H,1-2H3. The summed E-state index contributed by atoms with van der Waals surface area (Å²) in [6.45, 7) is 0. The van der Waals surface area contributed by atoms with Crippen molar-refractivity contribution in [2.24, 2.45) is 0 Å². The lowest BCUT2D eigenvalue weighted by molar-refractivity contribution is 0.0600. The molecule has 0 saturated heterocycles. The molecule has 0 aliphatic carbocycles. The Morgan fingerprint density at radius 1 is 0.909 bits per heavy atom. The Kier molecular flexibility index (Phi) is 4.94. The van der Waals surface area contributed by atoms with Gasteiger partial charge < -0.3 is 13.9 Å². The van der Waals surface area contributed by atoms with E-state index >= 15 is 0 Å². The van der Waals surface area contributed by atoms with Gasteiger partial charge in [0.2, 0.25) is 5.76 Å². The van der Waals surface area contributed by atoms with Crippen LogP contribution < -0.4 is 15.1 Å². The molecule has 7 heteroatoms. The Morgan fingerprint density at radius 2 is 1.61 bits per heavy atom. The van der Waals surface area contributed by atoms with Crippen molar-refractivity contribution in [2.45, 2.75) is 6.04 Å². The third kappa shape index (κ3) is 3.25. The molecule has 0 spiro atoms. The van der Waals surface area contributed by atoms with Gasteiger partial charge in [-0.05, 0) is 54.1 Å². The van der Waals surface area contributed by atoms with Gasteiger partial charge in [0.05, 0.1) is 36.8 Å². The number of anilines is 1. The van der Waals surface area contributed by atoms with E-state index in [2.05, 4.69) is 0 Å². The summed E-state index contributed by atoms with van der Waals surface area (Å²) in [5.74, 6) is -0.236. The summed E-state index contributed by atoms with van der Waals surface area (Å²) in [5, 5.41) is 0.400. The van der Waals surface area contributed by atoms with E-state index in [9.17, 15) is 14.4 Å². The third-order valence-corrected chi connectivity index (χ3v) is 5.78. The van der Waals surface area contributed by atoms with Crippen molar-refractivity contribution in [3.05, 3.63) is 105 Å². The van der Waals surface area contributed by atoms with Crippen LogP contribution in [0.3, 0.4) is 0 Å². The van der Waals surface area contributed by atoms with Crippen molar-refractivity contribution in [1.29, 1.82) is 0 Å². The van der Waals surface area contributed by atoms with Gasteiger partial charge in [-0.15, -0.1) is 0 Å². The van der Waals surface area contributed by atoms with Crippen LogP contribution in [0.15, 0.2) is 82.0 Å². The molecule has 0 bridgehead atoms. The number of esters is 1. The smallest absolute Gasteiger partial charge is 0.337 e. The van der Waals surface area contributed by atoms with Crippen molar-refractivity contribution in [2.75, 3.05) is 19.1 Å². The van der Waals surface area contributed by atoms with Crippen LogP contribution >= 0.6 is 0 Å². The summed E-state index contributed by atoms with van der Waals surface area (Å²) < 4.78 is 15.9. The SMILES string of the molecule is COC(=O)c1ccc(C2c3c(oc4ccccc4c3=O)C(=O)N2c2ccc(OC)cc2)cc1. The number of rotatable bonds is 4. The molecular formula is C26H19NO6. The Labute approximate surface area is 188 Å². The fourth-order valence-corrected chi connectivity index (χ4v) is 4.16. The van der Waals surface area contributed by atoms with E-state index in [1.165, 1.54) is 12.0 Å². The number of nitrogens with zero attached hydrogens (tertiary/aromatic N) is 1. The first-order valence-corrected chi connectivity index (χ1v) is 10.2. The Hall–Kier alpha value is -4.39. The first kappa shape index (κ1) is 20.5. The van der Waals surface area contributed by atoms with Crippen molar-refractivity contribution in [1.82, 2.24) is 0 Å². The molecule has 3 aromatic carbocycles. The van der Waals surface area contributed by atoms with Crippen LogP contribution in [0.4, 0.5) is 5.69 Å². The molecule has 33 heavy (non-hydrogen) atoms. The van der Waals surface area contributed by atoms with E-state index in [4.69, 9.17) is 13.9 Å². The van der Waals surface area contributed by atoms with Crippen molar-refractivity contribution in [3.63, 3.8) is 0 Å². The van der Waals surface area contributed by atoms with Crippen LogP contribution in [0.25, 0.3) is 11.0 Å². The number of hydrogen-bond donors (Lipinski definition) is 0. The Bertz CT molecular complexity index is 1440. The number of carbonyl (C=O) groups excluding carboxylic acids is 2. The Balaban J connectivity index is 1.73. The second-order valence-corrected chi connectivity index (χ2v) is 7.56. The summed E-state index contributed by atoms with van der Waals surface area (Å²) in [6, 6.07) is 19.8. The number of carbonyl (C=O) groups is 2. The lowest BCUT2D eigenvalue weighted by Gasteiger charge is -2.25. The highest BCUT2D eigenvalue weighted by Gasteiger charge is 2.43. The number of hydrogen-bond acceptors (Lipinski definition) is 6. The van der Waals surface area contributed by atoms with Crippen molar-refractivity contribution in [3.8, 4) is 5.75 Å². The van der Waals surface area contributed by atoms with E-state index in [-0.39, 0.29) is 16.8 Å². The molecule has 0 radical (unpaired) electrons. The minimum atomic E-state index is -0.728. The normalized spacial score (nSPS) is 14.9. The predicted molar refractivity (Wildman–Crippen MR) is 122 cm³/mol. The average Bonchev–Trinajstić information content (AvgIpc) is 3.16. The number of benzene rings is 3. The van der Waals surface area contributed by atoms with Crippen molar-refractivity contribution < 1.29 is 23.5 Å². The van der Waals surface area contributed by atoms with Gasteiger partial charge >= 0.3 is 5.97 Å². The quantitative estimate of drug-likeness (QED) is 0.438. The van der Waals surface area contributed by atoms with Crippen LogP contribution in [0.5, 0.6) is 5.75 Å². The first-order valence-electron chi connectivity index (χ1n) is 10.2. The van der Waals surface area contributed by atoms with Gasteiger partial charge in [-0.1, -0.05) is 24.3 Å². The molecule has 7 nitrogen and oxygen atoms in total. The summed E-state index contributed by atoms with van der Waals surface area (Å²) in [4.78, 5) is 40.5. The molecule has 1 aromatic heterocycles. The molecule has 1 unspecified atom stereocenters. The minimum Gasteiger partial charge on any atom is -0.497 e. The molecule has 2 heterocycles. The fraction of sp³-hybridized carbons (Fsp3) is 0.115. The largest absolute Gasteiger partial charge is 0.497 e. The maximum atomic E-state index is 13.5. The number of ether oxygens (including phenoxy) is 2. The monoisotopic (exact) mass is 441 g/mol. The second kappa shape index (κ2) is 7.94. The fourth-order valence-electron chi connectivity index (χ4n) is 4.16. The first-order chi connectivity index (χ1) is 16.0. The molecular weight excluding hydrogens is 422 g/mol. The Morgan fingerprint density at radius 3 is 2.27 bits per heavy atom. The third-order valence-electron chi connectivity index (χ3n) is 5.78. The molecule has 164 valence electrons. The zero-order chi connectivity index (χ0) is 23.1. The minimum absolute atomic E-state index is 0.0107. The van der Waals surface area contributed by atoms with Gasteiger partial charge in [0.25, 0.3) is 5.91 Å². The predicted octanol–water partition coefficient (Wildman–Crippen LogP) is 4.34. The van der Waals surface area contributed by atoms with Gasteiger partial charge in [0.15, 0.2) is 5.43 Å². The topological polar surface area (TPSA) is 86.0 Å². The van der Waals surface area contributed by atoms with Gasteiger partial charge in [-0.3, -0.25) is 14.5 Å². The van der Waals surface area contributed by atoms with Gasteiger partial charge in [0.1, 0.15) is 11.3 Å². The number of para-hydroxylation sites is 1. The van der Waals surface area contributed by atoms with E-state index in [0.717, 1.165) is 0 Å². The molecule has 4 aromatic rings. The van der Waals surface area contributed by atoms with Gasteiger partial charge in [-0.2, -0.15) is 0 Å². The molecule has 0 saturated carbocycles. The van der Waals surface area contributed by atoms with Crippen molar-refractivity contribution >= 4 is 28.5 Å². The molecule has 0 N–H and O–H groups in total. The maximum Gasteiger partial charge on any atom is 0.337 e. The molecule has 1 aliphatic heterocycles. The van der Waals surface area contributed by atoms with Crippen LogP contribution in [-0.2, 0) is 4.74 Å². The maximum absolute atomic E-state index is 13.5. The molecule has 0 fully saturated rings. The summed E-state index contributed by atoms with van der Waals surface area (Å²) >= 11 is 0. The summed E-state index contributed by atoms with van der Waals surface area (Å²) in [6.07, 6.45) is 0. The van der Waals surface area contributed by atoms with E-state index < -0.39 is 17.9 Å². The highest BCUT2D eigenvalue weighted by Crippen LogP contribution is 2.41. The number of fused-ring (bicyclic) bond motifs is 2. The highest BCUT2D eigenvalue weighted by atomic mass is 16.5. The zero-order valence-corrected chi connectivity index (χ0v) is 17.9. The second-order valence-electron chi connectivity index (χ2n) is 7.56. The number of amides is 1. The highest BCUT2D eigenvalue weighted by molar-refractivity contribution is 6.10. The number of methoxy groups -OCH3 is 2. The average molecular weight is 441 g/mol. The lowest BCUT2D eigenvalue weighted by atomic mass is 9.97. The molecule has 1 aliphatic rings. The zero-order valence-electron chi connectivity index (χ0n) is 17.9. The molecule has 1 atom stereocenters. The van der Waals surface area contributed by atoms with Crippen LogP contribution in [0.1, 0.15) is 38.1 Å². The lowest BCUT2D eigenvalue weighted by Crippen LogP contribution is -2.29. The van der Waals surface area contributed by atoms with E-state index in [1.807, 2.05) is 0 Å². The van der Waals surface area contributed by atoms with Crippen LogP contribution in [0, 0.1) is 0 Å².